The molecular weight excluding hydrogens is 476 g/mol. The van der Waals surface area contributed by atoms with Crippen molar-refractivity contribution < 1.29 is 28.6 Å². The summed E-state index contributed by atoms with van der Waals surface area (Å²) in [6, 6.07) is 9.75. The van der Waals surface area contributed by atoms with Gasteiger partial charge in [0.15, 0.2) is 5.78 Å². The number of likely N-dealkylation sites (tertiary alicyclic amines) is 1. The number of carbonyl (C=O) groups excluding carboxylic acids is 3. The Bertz CT molecular complexity index is 953. The predicted molar refractivity (Wildman–Crippen MR) is 141 cm³/mol. The van der Waals surface area contributed by atoms with E-state index in [4.69, 9.17) is 14.2 Å². The number of ketones is 1. The van der Waals surface area contributed by atoms with Crippen molar-refractivity contribution in [1.29, 1.82) is 0 Å². The van der Waals surface area contributed by atoms with E-state index in [1.54, 1.807) is 25.7 Å². The van der Waals surface area contributed by atoms with Crippen molar-refractivity contribution in [2.45, 2.75) is 103 Å². The SMILES string of the molecule is CC(C)(C)OC(=O)N1CC(=O)C[C@@H]1[C@H]1OC(C)(C)N(C(=O)OCC[Si](C)(C)C)[C@H]1Cc1ccccc1. The lowest BCUT2D eigenvalue weighted by atomic mass is 9.94. The number of Topliss-reactive ketones (excluding diaryl/α,β-unsaturated/α-hetero) is 1. The molecule has 0 aliphatic carbocycles. The number of carbonyl (C=O) groups is 3. The maximum atomic E-state index is 13.4. The molecule has 8 nitrogen and oxygen atoms in total. The molecule has 2 amide bonds. The van der Waals surface area contributed by atoms with Gasteiger partial charge in [0.05, 0.1) is 25.2 Å². The predicted octanol–water partition coefficient (Wildman–Crippen LogP) is 5.09. The lowest BCUT2D eigenvalue weighted by Crippen LogP contribution is -2.52. The molecule has 0 bridgehead atoms. The number of hydrogen-bond donors (Lipinski definition) is 0. The molecule has 0 aromatic heterocycles. The summed E-state index contributed by atoms with van der Waals surface area (Å²) < 4.78 is 17.8. The Morgan fingerprint density at radius 3 is 2.33 bits per heavy atom. The van der Waals surface area contributed by atoms with Crippen molar-refractivity contribution in [3.63, 3.8) is 0 Å². The summed E-state index contributed by atoms with van der Waals surface area (Å²) in [6.07, 6.45) is -0.901. The van der Waals surface area contributed by atoms with Gasteiger partial charge in [-0.05, 0) is 52.6 Å². The highest BCUT2D eigenvalue weighted by Gasteiger charge is 2.56. The molecule has 3 rings (SSSR count). The Labute approximate surface area is 216 Å². The van der Waals surface area contributed by atoms with Gasteiger partial charge in [-0.3, -0.25) is 14.6 Å². The van der Waals surface area contributed by atoms with Crippen LogP contribution in [-0.2, 0) is 25.4 Å². The smallest absolute Gasteiger partial charge is 0.412 e. The number of amides is 2. The molecule has 200 valence electrons. The summed E-state index contributed by atoms with van der Waals surface area (Å²) in [5.74, 6) is -0.0538. The van der Waals surface area contributed by atoms with Gasteiger partial charge >= 0.3 is 12.2 Å². The van der Waals surface area contributed by atoms with Crippen molar-refractivity contribution in [3.05, 3.63) is 35.9 Å². The molecule has 2 aliphatic heterocycles. The van der Waals surface area contributed by atoms with Gasteiger partial charge in [-0.1, -0.05) is 50.0 Å². The van der Waals surface area contributed by atoms with Crippen LogP contribution in [0.3, 0.4) is 0 Å². The lowest BCUT2D eigenvalue weighted by molar-refractivity contribution is -0.117. The fraction of sp³-hybridized carbons (Fsp3) is 0.667. The average Bonchev–Trinajstić information content (AvgIpc) is 3.23. The minimum atomic E-state index is -1.38. The van der Waals surface area contributed by atoms with Crippen LogP contribution in [0.2, 0.25) is 25.7 Å². The fourth-order valence-corrected chi connectivity index (χ4v) is 5.53. The maximum Gasteiger partial charge on any atom is 0.412 e. The third kappa shape index (κ3) is 7.09. The molecule has 2 aliphatic rings. The molecule has 0 unspecified atom stereocenters. The molecule has 2 saturated heterocycles. The number of rotatable bonds is 6. The Hall–Kier alpha value is -2.39. The van der Waals surface area contributed by atoms with Gasteiger partial charge in [0.1, 0.15) is 17.4 Å². The summed E-state index contributed by atoms with van der Waals surface area (Å²) in [6.45, 7) is 16.1. The van der Waals surface area contributed by atoms with Crippen molar-refractivity contribution >= 4 is 26.0 Å². The Balaban J connectivity index is 1.92. The standard InChI is InChI=1S/C27H42N2O6Si/c1-26(2,3)35-24(31)28-18-20(30)17-21(28)23-22(16-19-12-10-9-11-13-19)29(27(4,5)34-23)25(32)33-14-15-36(6,7)8/h9-13,21-23H,14-18H2,1-8H3/t21-,22+,23-/m1/s1. The largest absolute Gasteiger partial charge is 0.450 e. The molecule has 0 spiro atoms. The molecule has 0 radical (unpaired) electrons. The maximum absolute atomic E-state index is 13.4. The minimum Gasteiger partial charge on any atom is -0.450 e. The van der Waals surface area contributed by atoms with E-state index in [1.165, 1.54) is 4.90 Å². The third-order valence-electron chi connectivity index (χ3n) is 6.47. The first kappa shape index (κ1) is 28.2. The molecule has 0 N–H and O–H groups in total. The Morgan fingerprint density at radius 2 is 1.75 bits per heavy atom. The van der Waals surface area contributed by atoms with Crippen molar-refractivity contribution in [2.24, 2.45) is 0 Å². The van der Waals surface area contributed by atoms with Crippen LogP contribution in [0.25, 0.3) is 0 Å². The number of nitrogens with zero attached hydrogens (tertiary/aromatic N) is 2. The number of benzene rings is 1. The second kappa shape index (κ2) is 10.5. The first-order valence-corrected chi connectivity index (χ1v) is 16.5. The lowest BCUT2D eigenvalue weighted by Gasteiger charge is -2.34. The van der Waals surface area contributed by atoms with Crippen LogP contribution in [0.15, 0.2) is 30.3 Å². The van der Waals surface area contributed by atoms with Crippen LogP contribution in [0.1, 0.15) is 46.6 Å². The minimum absolute atomic E-state index is 0.0292. The van der Waals surface area contributed by atoms with E-state index in [-0.39, 0.29) is 18.7 Å². The normalized spacial score (nSPS) is 24.2. The van der Waals surface area contributed by atoms with Crippen LogP contribution in [0.5, 0.6) is 0 Å². The van der Waals surface area contributed by atoms with Gasteiger partial charge in [0.25, 0.3) is 0 Å². The van der Waals surface area contributed by atoms with E-state index >= 15 is 0 Å². The molecule has 1 aromatic carbocycles. The zero-order chi connectivity index (χ0) is 26.9. The van der Waals surface area contributed by atoms with Gasteiger partial charge in [-0.25, -0.2) is 9.59 Å². The summed E-state index contributed by atoms with van der Waals surface area (Å²) >= 11 is 0. The summed E-state index contributed by atoms with van der Waals surface area (Å²) in [7, 11) is -1.38. The van der Waals surface area contributed by atoms with Crippen molar-refractivity contribution in [2.75, 3.05) is 13.2 Å². The third-order valence-corrected chi connectivity index (χ3v) is 8.17. The van der Waals surface area contributed by atoms with Crippen LogP contribution in [0, 0.1) is 0 Å². The molecule has 9 heteroatoms. The second-order valence-electron chi connectivity index (χ2n) is 12.5. The first-order chi connectivity index (χ1) is 16.6. The van der Waals surface area contributed by atoms with Gasteiger partial charge < -0.3 is 14.2 Å². The summed E-state index contributed by atoms with van der Waals surface area (Å²) in [5, 5.41) is 0. The van der Waals surface area contributed by atoms with Crippen molar-refractivity contribution in [1.82, 2.24) is 9.80 Å². The molecule has 3 atom stereocenters. The van der Waals surface area contributed by atoms with Crippen molar-refractivity contribution in [3.8, 4) is 0 Å². The average molecular weight is 519 g/mol. The zero-order valence-corrected chi connectivity index (χ0v) is 24.0. The van der Waals surface area contributed by atoms with Crippen LogP contribution in [0.4, 0.5) is 9.59 Å². The molecule has 2 fully saturated rings. The van der Waals surface area contributed by atoms with Gasteiger partial charge in [0.2, 0.25) is 0 Å². The van der Waals surface area contributed by atoms with Crippen LogP contribution >= 0.6 is 0 Å². The molecule has 1 aromatic rings. The second-order valence-corrected chi connectivity index (χ2v) is 18.1. The fourth-order valence-electron chi connectivity index (χ4n) is 4.81. The number of hydrogen-bond acceptors (Lipinski definition) is 6. The van der Waals surface area contributed by atoms with E-state index in [1.807, 2.05) is 44.2 Å². The van der Waals surface area contributed by atoms with Crippen LogP contribution in [-0.4, -0.2) is 78.5 Å². The molecular formula is C27H42N2O6Si. The topological polar surface area (TPSA) is 85.4 Å². The zero-order valence-electron chi connectivity index (χ0n) is 23.0. The van der Waals surface area contributed by atoms with E-state index < -0.39 is 49.8 Å². The molecule has 2 heterocycles. The quantitative estimate of drug-likeness (QED) is 0.488. The van der Waals surface area contributed by atoms with E-state index in [0.29, 0.717) is 13.0 Å². The van der Waals surface area contributed by atoms with Crippen LogP contribution < -0.4 is 0 Å². The highest BCUT2D eigenvalue weighted by Crippen LogP contribution is 2.39. The van der Waals surface area contributed by atoms with Gasteiger partial charge in [-0.15, -0.1) is 0 Å². The Kier molecular flexibility index (Phi) is 8.25. The van der Waals surface area contributed by atoms with E-state index in [0.717, 1.165) is 11.6 Å². The summed E-state index contributed by atoms with van der Waals surface area (Å²) in [5.41, 5.74) is -0.647. The number of ether oxygens (including phenoxy) is 3. The van der Waals surface area contributed by atoms with Gasteiger partial charge in [-0.2, -0.15) is 0 Å². The van der Waals surface area contributed by atoms with E-state index in [2.05, 4.69) is 19.6 Å². The molecule has 0 saturated carbocycles. The monoisotopic (exact) mass is 518 g/mol. The first-order valence-electron chi connectivity index (χ1n) is 12.8. The Morgan fingerprint density at radius 1 is 1.11 bits per heavy atom. The highest BCUT2D eigenvalue weighted by atomic mass is 28.3. The summed E-state index contributed by atoms with van der Waals surface area (Å²) in [4.78, 5) is 42.2. The highest BCUT2D eigenvalue weighted by molar-refractivity contribution is 6.76. The van der Waals surface area contributed by atoms with Gasteiger partial charge in [0, 0.05) is 14.5 Å². The van der Waals surface area contributed by atoms with E-state index in [9.17, 15) is 14.4 Å². The molecule has 36 heavy (non-hydrogen) atoms.